The fraction of sp³-hybridized carbons (Fsp3) is 0.316. The molecule has 1 unspecified atom stereocenters. The number of carbonyl (C=O) groups excluding carboxylic acids is 1. The summed E-state index contributed by atoms with van der Waals surface area (Å²) in [6.07, 6.45) is 4.36. The third kappa shape index (κ3) is 3.03. The van der Waals surface area contributed by atoms with E-state index in [1.807, 2.05) is 30.3 Å². The molecule has 1 aliphatic heterocycles. The molecule has 2 aliphatic rings. The summed E-state index contributed by atoms with van der Waals surface area (Å²) < 4.78 is 0. The minimum Gasteiger partial charge on any atom is -0.387 e. The van der Waals surface area contributed by atoms with Gasteiger partial charge in [-0.3, -0.25) is 4.79 Å². The molecule has 0 fully saturated rings. The third-order valence-corrected chi connectivity index (χ3v) is 5.82. The highest BCUT2D eigenvalue weighted by molar-refractivity contribution is 7.16. The normalized spacial score (nSPS) is 18.7. The summed E-state index contributed by atoms with van der Waals surface area (Å²) in [7, 11) is 0. The Bertz CT molecular complexity index is 880. The molecule has 2 heterocycles. The van der Waals surface area contributed by atoms with Crippen LogP contribution in [0.2, 0.25) is 0 Å². The Morgan fingerprint density at radius 2 is 2.08 bits per heavy atom. The molecule has 126 valence electrons. The van der Waals surface area contributed by atoms with E-state index in [-0.39, 0.29) is 12.0 Å². The van der Waals surface area contributed by atoms with Gasteiger partial charge in [-0.2, -0.15) is 5.26 Å². The molecule has 1 N–H and O–H groups in total. The van der Waals surface area contributed by atoms with Crippen LogP contribution in [-0.4, -0.2) is 11.6 Å². The van der Waals surface area contributed by atoms with Crippen molar-refractivity contribution in [2.75, 3.05) is 5.32 Å². The van der Waals surface area contributed by atoms with Crippen LogP contribution in [0.4, 0.5) is 5.00 Å². The number of nitriles is 1. The largest absolute Gasteiger partial charge is 0.387 e. The van der Waals surface area contributed by atoms with Crippen molar-refractivity contribution in [3.8, 4) is 6.07 Å². The van der Waals surface area contributed by atoms with E-state index < -0.39 is 0 Å². The van der Waals surface area contributed by atoms with Gasteiger partial charge in [-0.05, 0) is 36.8 Å². The molecule has 0 saturated carbocycles. The number of hydrogen-bond donors (Lipinski definition) is 1. The molecule has 25 heavy (non-hydrogen) atoms. The molecule has 5 nitrogen and oxygen atoms in total. The molecule has 4 rings (SSSR count). The molecule has 2 aromatic rings. The first-order valence-electron chi connectivity index (χ1n) is 8.40. The van der Waals surface area contributed by atoms with Crippen LogP contribution >= 0.6 is 11.3 Å². The van der Waals surface area contributed by atoms with Crippen LogP contribution in [0.25, 0.3) is 0 Å². The average Bonchev–Trinajstić information content (AvgIpc) is 3.27. The van der Waals surface area contributed by atoms with Gasteiger partial charge >= 0.3 is 0 Å². The summed E-state index contributed by atoms with van der Waals surface area (Å²) in [6.45, 7) is 0. The number of carbonyl (C=O) groups is 1. The van der Waals surface area contributed by atoms with Crippen molar-refractivity contribution in [1.29, 1.82) is 5.26 Å². The number of thiophene rings is 1. The third-order valence-electron chi connectivity index (χ3n) is 4.61. The number of fused-ring (bicyclic) bond motifs is 1. The lowest BCUT2D eigenvalue weighted by molar-refractivity contribution is -0.110. The van der Waals surface area contributed by atoms with E-state index in [0.717, 1.165) is 36.8 Å². The van der Waals surface area contributed by atoms with Gasteiger partial charge in [0.25, 0.3) is 5.91 Å². The van der Waals surface area contributed by atoms with Gasteiger partial charge in [0.2, 0.25) is 0 Å². The number of nitrogens with zero attached hydrogens (tertiary/aromatic N) is 2. The Morgan fingerprint density at radius 1 is 1.28 bits per heavy atom. The zero-order chi connectivity index (χ0) is 17.2. The van der Waals surface area contributed by atoms with Crippen LogP contribution < -0.4 is 5.32 Å². The Kier molecular flexibility index (Phi) is 4.24. The SMILES string of the molecule is N#Cc1c(NC(=O)C2=NOC(c3ccccc3)C2)sc2c1CCCC2. The van der Waals surface area contributed by atoms with Gasteiger partial charge in [0, 0.05) is 11.3 Å². The van der Waals surface area contributed by atoms with Gasteiger partial charge in [0.15, 0.2) is 6.10 Å². The molecule has 1 atom stereocenters. The van der Waals surface area contributed by atoms with Crippen LogP contribution in [0.1, 0.15) is 46.9 Å². The van der Waals surface area contributed by atoms with Crippen molar-refractivity contribution in [2.24, 2.45) is 5.16 Å². The van der Waals surface area contributed by atoms with E-state index >= 15 is 0 Å². The standard InChI is InChI=1S/C19H17N3O2S/c20-11-14-13-8-4-5-9-17(13)25-19(14)21-18(23)15-10-16(24-22-15)12-6-2-1-3-7-12/h1-3,6-7,16H,4-5,8-10H2,(H,21,23). The fourth-order valence-electron chi connectivity index (χ4n) is 3.31. The number of anilines is 1. The smallest absolute Gasteiger partial charge is 0.274 e. The molecular formula is C19H17N3O2S. The fourth-order valence-corrected chi connectivity index (χ4v) is 4.54. The first-order chi connectivity index (χ1) is 12.3. The van der Waals surface area contributed by atoms with E-state index in [9.17, 15) is 10.1 Å². The predicted molar refractivity (Wildman–Crippen MR) is 96.6 cm³/mol. The van der Waals surface area contributed by atoms with E-state index in [1.54, 1.807) is 0 Å². The van der Waals surface area contributed by atoms with Gasteiger partial charge < -0.3 is 10.2 Å². The van der Waals surface area contributed by atoms with E-state index in [2.05, 4.69) is 16.5 Å². The molecule has 1 aromatic heterocycles. The van der Waals surface area contributed by atoms with Gasteiger partial charge in [-0.15, -0.1) is 11.3 Å². The van der Waals surface area contributed by atoms with Gasteiger partial charge in [0.1, 0.15) is 16.8 Å². The van der Waals surface area contributed by atoms with E-state index in [4.69, 9.17) is 4.84 Å². The van der Waals surface area contributed by atoms with Gasteiger partial charge in [-0.1, -0.05) is 35.5 Å². The van der Waals surface area contributed by atoms with E-state index in [0.29, 0.717) is 22.7 Å². The van der Waals surface area contributed by atoms with Crippen molar-refractivity contribution in [3.63, 3.8) is 0 Å². The Labute approximate surface area is 149 Å². The van der Waals surface area contributed by atoms with Crippen LogP contribution in [0.3, 0.4) is 0 Å². The summed E-state index contributed by atoms with van der Waals surface area (Å²) >= 11 is 1.52. The van der Waals surface area contributed by atoms with Crippen LogP contribution in [-0.2, 0) is 22.5 Å². The molecule has 6 heteroatoms. The van der Waals surface area contributed by atoms with Crippen molar-refractivity contribution in [3.05, 3.63) is 51.9 Å². The van der Waals surface area contributed by atoms with Crippen molar-refractivity contribution in [1.82, 2.24) is 0 Å². The van der Waals surface area contributed by atoms with Crippen molar-refractivity contribution < 1.29 is 9.63 Å². The first-order valence-corrected chi connectivity index (χ1v) is 9.21. The number of hydrogen-bond acceptors (Lipinski definition) is 5. The van der Waals surface area contributed by atoms with Crippen molar-refractivity contribution >= 4 is 28.0 Å². The maximum atomic E-state index is 12.5. The summed E-state index contributed by atoms with van der Waals surface area (Å²) in [6, 6.07) is 12.0. The number of rotatable bonds is 3. The monoisotopic (exact) mass is 351 g/mol. The predicted octanol–water partition coefficient (Wildman–Crippen LogP) is 3.95. The number of amides is 1. The maximum Gasteiger partial charge on any atom is 0.274 e. The highest BCUT2D eigenvalue weighted by Gasteiger charge is 2.29. The van der Waals surface area contributed by atoms with Crippen molar-refractivity contribution in [2.45, 2.75) is 38.2 Å². The zero-order valence-corrected chi connectivity index (χ0v) is 14.4. The molecule has 1 aromatic carbocycles. The molecule has 0 saturated heterocycles. The van der Waals surface area contributed by atoms with Crippen LogP contribution in [0, 0.1) is 11.3 Å². The molecule has 1 aliphatic carbocycles. The number of nitrogens with one attached hydrogen (secondary N) is 1. The number of benzene rings is 1. The quantitative estimate of drug-likeness (QED) is 0.910. The topological polar surface area (TPSA) is 74.5 Å². The Balaban J connectivity index is 1.48. The minimum atomic E-state index is -0.284. The second-order valence-electron chi connectivity index (χ2n) is 6.23. The van der Waals surface area contributed by atoms with Crippen LogP contribution in [0.5, 0.6) is 0 Å². The van der Waals surface area contributed by atoms with Crippen LogP contribution in [0.15, 0.2) is 35.5 Å². The highest BCUT2D eigenvalue weighted by atomic mass is 32.1. The lowest BCUT2D eigenvalue weighted by atomic mass is 9.96. The molecular weight excluding hydrogens is 334 g/mol. The average molecular weight is 351 g/mol. The second kappa shape index (κ2) is 6.69. The van der Waals surface area contributed by atoms with E-state index in [1.165, 1.54) is 16.2 Å². The second-order valence-corrected chi connectivity index (χ2v) is 7.33. The lowest BCUT2D eigenvalue weighted by Gasteiger charge is -2.09. The first kappa shape index (κ1) is 15.9. The Hall–Kier alpha value is -2.65. The molecule has 0 bridgehead atoms. The lowest BCUT2D eigenvalue weighted by Crippen LogP contribution is -2.21. The summed E-state index contributed by atoms with van der Waals surface area (Å²) in [5.41, 5.74) is 3.09. The number of oxime groups is 1. The summed E-state index contributed by atoms with van der Waals surface area (Å²) in [4.78, 5) is 19.2. The molecule has 0 radical (unpaired) electrons. The maximum absolute atomic E-state index is 12.5. The minimum absolute atomic E-state index is 0.228. The molecule has 0 spiro atoms. The highest BCUT2D eigenvalue weighted by Crippen LogP contribution is 2.38. The Morgan fingerprint density at radius 3 is 2.88 bits per heavy atom. The summed E-state index contributed by atoms with van der Waals surface area (Å²) in [5, 5.41) is 17.0. The van der Waals surface area contributed by atoms with Gasteiger partial charge in [0.05, 0.1) is 5.56 Å². The van der Waals surface area contributed by atoms with Gasteiger partial charge in [-0.25, -0.2) is 0 Å². The zero-order valence-electron chi connectivity index (χ0n) is 13.6. The number of aryl methyl sites for hydroxylation is 1. The molecule has 1 amide bonds. The summed E-state index contributed by atoms with van der Waals surface area (Å²) in [5.74, 6) is -0.284.